The molecule has 0 radical (unpaired) electrons. The molecule has 3 nitrogen and oxygen atoms in total. The maximum Gasteiger partial charge on any atom is 0.161 e. The van der Waals surface area contributed by atoms with Crippen molar-refractivity contribution in [3.63, 3.8) is 0 Å². The zero-order chi connectivity index (χ0) is 20.4. The summed E-state index contributed by atoms with van der Waals surface area (Å²) >= 11 is 12.8. The summed E-state index contributed by atoms with van der Waals surface area (Å²) in [6.45, 7) is 1.66. The van der Waals surface area contributed by atoms with Crippen LogP contribution in [0.4, 0.5) is 0 Å². The van der Waals surface area contributed by atoms with Crippen molar-refractivity contribution < 1.29 is 9.47 Å². The zero-order valence-corrected chi connectivity index (χ0v) is 18.0. The smallest absolute Gasteiger partial charge is 0.161 e. The Labute approximate surface area is 181 Å². The number of ether oxygens (including phenoxy) is 2. The first-order chi connectivity index (χ1) is 14.1. The maximum atomic E-state index is 6.47. The molecule has 29 heavy (non-hydrogen) atoms. The molecular formula is C24H23Cl2NO2. The Morgan fingerprint density at radius 1 is 0.931 bits per heavy atom. The fourth-order valence-electron chi connectivity index (χ4n) is 4.08. The lowest BCUT2D eigenvalue weighted by atomic mass is 9.87. The Morgan fingerprint density at radius 2 is 1.69 bits per heavy atom. The van der Waals surface area contributed by atoms with E-state index in [0.717, 1.165) is 52.2 Å². The van der Waals surface area contributed by atoms with Crippen molar-refractivity contribution in [2.24, 2.45) is 0 Å². The molecule has 0 N–H and O–H groups in total. The van der Waals surface area contributed by atoms with Crippen LogP contribution in [-0.4, -0.2) is 25.7 Å². The topological polar surface area (TPSA) is 21.7 Å². The highest BCUT2D eigenvalue weighted by Crippen LogP contribution is 2.42. The van der Waals surface area contributed by atoms with E-state index in [2.05, 4.69) is 29.2 Å². The van der Waals surface area contributed by atoms with Crippen LogP contribution >= 0.6 is 23.2 Å². The number of rotatable bonds is 5. The molecule has 1 aliphatic rings. The van der Waals surface area contributed by atoms with Crippen LogP contribution in [0, 0.1) is 0 Å². The van der Waals surface area contributed by atoms with E-state index in [1.807, 2.05) is 36.4 Å². The van der Waals surface area contributed by atoms with Crippen LogP contribution in [0.25, 0.3) is 0 Å². The molecule has 0 spiro atoms. The number of halogens is 2. The lowest BCUT2D eigenvalue weighted by Crippen LogP contribution is -2.35. The van der Waals surface area contributed by atoms with Crippen molar-refractivity contribution in [3.05, 3.63) is 93.0 Å². The fourth-order valence-corrected chi connectivity index (χ4v) is 4.47. The molecule has 0 aromatic heterocycles. The zero-order valence-electron chi connectivity index (χ0n) is 16.5. The van der Waals surface area contributed by atoms with Gasteiger partial charge in [-0.25, -0.2) is 0 Å². The summed E-state index contributed by atoms with van der Waals surface area (Å²) in [5.74, 6) is 1.49. The van der Waals surface area contributed by atoms with Crippen molar-refractivity contribution >= 4 is 23.2 Å². The van der Waals surface area contributed by atoms with E-state index in [1.165, 1.54) is 11.1 Å². The number of benzene rings is 3. The van der Waals surface area contributed by atoms with Gasteiger partial charge >= 0.3 is 0 Å². The SMILES string of the molecule is COc1cc2c(cc1OC)C(c1cccc(Cl)c1)N(Cc1ccccc1Cl)CC2. The molecule has 0 fully saturated rings. The average Bonchev–Trinajstić information content (AvgIpc) is 2.74. The van der Waals surface area contributed by atoms with Crippen LogP contribution in [0.3, 0.4) is 0 Å². The van der Waals surface area contributed by atoms with Gasteiger partial charge in [0.15, 0.2) is 11.5 Å². The van der Waals surface area contributed by atoms with E-state index in [0.29, 0.717) is 0 Å². The van der Waals surface area contributed by atoms with Crippen LogP contribution in [-0.2, 0) is 13.0 Å². The Bertz CT molecular complexity index is 1020. The molecule has 3 aromatic carbocycles. The number of hydrogen-bond donors (Lipinski definition) is 0. The second-order valence-electron chi connectivity index (χ2n) is 7.18. The van der Waals surface area contributed by atoms with Gasteiger partial charge in [-0.1, -0.05) is 53.5 Å². The van der Waals surface area contributed by atoms with E-state index < -0.39 is 0 Å². The Kier molecular flexibility index (Phi) is 6.00. The highest BCUT2D eigenvalue weighted by Gasteiger charge is 2.31. The van der Waals surface area contributed by atoms with Crippen molar-refractivity contribution in [1.29, 1.82) is 0 Å². The van der Waals surface area contributed by atoms with Gasteiger partial charge in [0, 0.05) is 23.1 Å². The molecule has 0 bridgehead atoms. The minimum absolute atomic E-state index is 0.0496. The normalized spacial score (nSPS) is 16.3. The molecule has 1 atom stereocenters. The Hall–Kier alpha value is -2.20. The summed E-state index contributed by atoms with van der Waals surface area (Å²) in [4.78, 5) is 2.45. The van der Waals surface area contributed by atoms with Crippen LogP contribution in [0.15, 0.2) is 60.7 Å². The van der Waals surface area contributed by atoms with Crippen LogP contribution in [0.5, 0.6) is 11.5 Å². The minimum Gasteiger partial charge on any atom is -0.493 e. The fraction of sp³-hybridized carbons (Fsp3) is 0.250. The van der Waals surface area contributed by atoms with Gasteiger partial charge in [-0.05, 0) is 59.0 Å². The number of methoxy groups -OCH3 is 2. The molecule has 4 rings (SSSR count). The van der Waals surface area contributed by atoms with E-state index in [9.17, 15) is 0 Å². The van der Waals surface area contributed by atoms with Gasteiger partial charge in [-0.3, -0.25) is 4.90 Å². The molecule has 1 aliphatic heterocycles. The van der Waals surface area contributed by atoms with Gasteiger partial charge in [-0.15, -0.1) is 0 Å². The highest BCUT2D eigenvalue weighted by atomic mass is 35.5. The molecule has 1 unspecified atom stereocenters. The molecule has 5 heteroatoms. The molecule has 150 valence electrons. The van der Waals surface area contributed by atoms with E-state index in [4.69, 9.17) is 32.7 Å². The van der Waals surface area contributed by atoms with Gasteiger partial charge < -0.3 is 9.47 Å². The molecule has 1 heterocycles. The molecule has 0 saturated carbocycles. The molecule has 0 amide bonds. The predicted octanol–water partition coefficient (Wildman–Crippen LogP) is 6.16. The van der Waals surface area contributed by atoms with E-state index in [-0.39, 0.29) is 6.04 Å². The quantitative estimate of drug-likeness (QED) is 0.486. The summed E-state index contributed by atoms with van der Waals surface area (Å²) in [6.07, 6.45) is 0.928. The largest absolute Gasteiger partial charge is 0.493 e. The lowest BCUT2D eigenvalue weighted by Gasteiger charge is -2.38. The number of nitrogens with zero attached hydrogens (tertiary/aromatic N) is 1. The summed E-state index contributed by atoms with van der Waals surface area (Å²) in [5.41, 5.74) is 4.74. The monoisotopic (exact) mass is 427 g/mol. The summed E-state index contributed by atoms with van der Waals surface area (Å²) < 4.78 is 11.1. The first kappa shape index (κ1) is 20.1. The first-order valence-corrected chi connectivity index (χ1v) is 10.3. The predicted molar refractivity (Wildman–Crippen MR) is 118 cm³/mol. The Balaban J connectivity index is 1.82. The van der Waals surface area contributed by atoms with Crippen LogP contribution in [0.1, 0.15) is 28.3 Å². The van der Waals surface area contributed by atoms with Gasteiger partial charge in [0.05, 0.1) is 20.3 Å². The summed E-state index contributed by atoms with van der Waals surface area (Å²) in [7, 11) is 3.34. The molecule has 0 saturated heterocycles. The molecule has 3 aromatic rings. The third-order valence-corrected chi connectivity index (χ3v) is 6.07. The molecule has 0 aliphatic carbocycles. The van der Waals surface area contributed by atoms with Crippen molar-refractivity contribution in [1.82, 2.24) is 4.90 Å². The van der Waals surface area contributed by atoms with Gasteiger partial charge in [0.2, 0.25) is 0 Å². The molecular weight excluding hydrogens is 405 g/mol. The van der Waals surface area contributed by atoms with Gasteiger partial charge in [-0.2, -0.15) is 0 Å². The minimum atomic E-state index is 0.0496. The third-order valence-electron chi connectivity index (χ3n) is 5.47. The van der Waals surface area contributed by atoms with E-state index in [1.54, 1.807) is 14.2 Å². The number of fused-ring (bicyclic) bond motifs is 1. The lowest BCUT2D eigenvalue weighted by molar-refractivity contribution is 0.203. The first-order valence-electron chi connectivity index (χ1n) is 9.58. The second kappa shape index (κ2) is 8.66. The standard InChI is InChI=1S/C24H23Cl2NO2/c1-28-22-13-16-10-11-27(15-18-6-3-4-9-21(18)26)24(20(16)14-23(22)29-2)17-7-5-8-19(25)12-17/h3-9,12-14,24H,10-11,15H2,1-2H3. The van der Waals surface area contributed by atoms with Gasteiger partial charge in [0.1, 0.15) is 0 Å². The second-order valence-corrected chi connectivity index (χ2v) is 8.02. The van der Waals surface area contributed by atoms with Crippen LogP contribution < -0.4 is 9.47 Å². The van der Waals surface area contributed by atoms with Crippen LogP contribution in [0.2, 0.25) is 10.0 Å². The van der Waals surface area contributed by atoms with Crippen molar-refractivity contribution in [2.75, 3.05) is 20.8 Å². The third kappa shape index (κ3) is 4.09. The maximum absolute atomic E-state index is 6.47. The van der Waals surface area contributed by atoms with Crippen molar-refractivity contribution in [2.45, 2.75) is 19.0 Å². The van der Waals surface area contributed by atoms with Gasteiger partial charge in [0.25, 0.3) is 0 Å². The average molecular weight is 428 g/mol. The summed E-state index contributed by atoms with van der Waals surface area (Å²) in [6, 6.07) is 20.3. The Morgan fingerprint density at radius 3 is 2.41 bits per heavy atom. The van der Waals surface area contributed by atoms with Crippen molar-refractivity contribution in [3.8, 4) is 11.5 Å². The van der Waals surface area contributed by atoms with E-state index >= 15 is 0 Å². The summed E-state index contributed by atoms with van der Waals surface area (Å²) in [5, 5.41) is 1.52. The number of hydrogen-bond acceptors (Lipinski definition) is 3. The highest BCUT2D eigenvalue weighted by molar-refractivity contribution is 6.31.